The molecule has 1 aliphatic rings. The van der Waals surface area contributed by atoms with Crippen LogP contribution in [0.4, 0.5) is 0 Å². The molecule has 4 nitrogen and oxygen atoms in total. The Labute approximate surface area is 164 Å². The highest BCUT2D eigenvalue weighted by Crippen LogP contribution is 2.23. The van der Waals surface area contributed by atoms with Crippen molar-refractivity contribution in [3.63, 3.8) is 0 Å². The molecule has 1 fully saturated rings. The van der Waals surface area contributed by atoms with Gasteiger partial charge >= 0.3 is 0 Å². The van der Waals surface area contributed by atoms with Gasteiger partial charge in [-0.15, -0.1) is 0 Å². The van der Waals surface area contributed by atoms with Crippen LogP contribution in [0.15, 0.2) is 47.6 Å². The molecule has 128 valence electrons. The zero-order chi connectivity index (χ0) is 17.8. The van der Waals surface area contributed by atoms with Gasteiger partial charge in [0.05, 0.1) is 12.0 Å². The van der Waals surface area contributed by atoms with Gasteiger partial charge in [0.1, 0.15) is 12.4 Å². The number of rotatable bonds is 5. The van der Waals surface area contributed by atoms with E-state index < -0.39 is 0 Å². The third-order valence-electron chi connectivity index (χ3n) is 3.34. The maximum Gasteiger partial charge on any atom is 0.259 e. The Bertz CT molecular complexity index is 825. The van der Waals surface area contributed by atoms with Crippen molar-refractivity contribution in [2.45, 2.75) is 6.61 Å². The Morgan fingerprint density at radius 2 is 2.00 bits per heavy atom. The summed E-state index contributed by atoms with van der Waals surface area (Å²) in [6.45, 7) is 0.344. The largest absolute Gasteiger partial charge is 0.489 e. The van der Waals surface area contributed by atoms with Crippen LogP contribution in [0.3, 0.4) is 0 Å². The van der Waals surface area contributed by atoms with Gasteiger partial charge in [0.15, 0.2) is 4.32 Å². The number of nitrogens with zero attached hydrogens (tertiary/aromatic N) is 2. The first-order valence-electron chi connectivity index (χ1n) is 7.23. The number of thiocarbonyl (C=S) groups is 1. The number of carbonyl (C=O) groups is 1. The first-order valence-corrected chi connectivity index (χ1v) is 9.38. The van der Waals surface area contributed by atoms with Gasteiger partial charge in [0, 0.05) is 15.6 Å². The number of ether oxygens (including phenoxy) is 1. The van der Waals surface area contributed by atoms with Crippen LogP contribution in [-0.4, -0.2) is 27.2 Å². The highest BCUT2D eigenvalue weighted by Gasteiger charge is 2.25. The van der Waals surface area contributed by atoms with Crippen molar-refractivity contribution in [3.05, 3.63) is 63.6 Å². The fraction of sp³-hybridized carbons (Fsp3) is 0.118. The number of amides is 1. The van der Waals surface area contributed by atoms with E-state index >= 15 is 0 Å². The highest BCUT2D eigenvalue weighted by molar-refractivity contribution is 8.23. The fourth-order valence-corrected chi connectivity index (χ4v) is 3.46. The van der Waals surface area contributed by atoms with E-state index in [1.54, 1.807) is 18.3 Å². The molecule has 1 saturated heterocycles. The van der Waals surface area contributed by atoms with Crippen LogP contribution in [0, 0.1) is 0 Å². The van der Waals surface area contributed by atoms with Crippen molar-refractivity contribution in [1.82, 2.24) is 5.01 Å². The molecule has 25 heavy (non-hydrogen) atoms. The van der Waals surface area contributed by atoms with E-state index in [0.717, 1.165) is 11.1 Å². The van der Waals surface area contributed by atoms with Crippen molar-refractivity contribution in [2.75, 3.05) is 5.75 Å². The number of hydrogen-bond donors (Lipinski definition) is 0. The monoisotopic (exact) mass is 410 g/mol. The van der Waals surface area contributed by atoms with Gasteiger partial charge < -0.3 is 4.74 Å². The normalized spacial score (nSPS) is 14.6. The summed E-state index contributed by atoms with van der Waals surface area (Å²) < 4.78 is 6.19. The molecule has 0 aromatic heterocycles. The average Bonchev–Trinajstić information content (AvgIpc) is 2.91. The zero-order valence-corrected chi connectivity index (χ0v) is 16.0. The molecule has 0 aliphatic carbocycles. The summed E-state index contributed by atoms with van der Waals surface area (Å²) in [6.07, 6.45) is 1.59. The summed E-state index contributed by atoms with van der Waals surface area (Å²) in [4.78, 5) is 11.6. The summed E-state index contributed by atoms with van der Waals surface area (Å²) in [5.74, 6) is 0.938. The average molecular weight is 411 g/mol. The SMILES string of the molecule is O=C1CSC(=S)N1/N=C/c1ccc(OCc2ccc(Cl)cc2Cl)cc1. The number of carbonyl (C=O) groups excluding carboxylic acids is 1. The lowest BCUT2D eigenvalue weighted by Gasteiger charge is -2.09. The Morgan fingerprint density at radius 3 is 2.64 bits per heavy atom. The number of halogens is 2. The Balaban J connectivity index is 1.60. The van der Waals surface area contributed by atoms with E-state index in [-0.39, 0.29) is 5.91 Å². The summed E-state index contributed by atoms with van der Waals surface area (Å²) in [5, 5.41) is 6.53. The first-order chi connectivity index (χ1) is 12.0. The quantitative estimate of drug-likeness (QED) is 0.525. The molecule has 0 spiro atoms. The third-order valence-corrected chi connectivity index (χ3v) is 5.26. The Hall–Kier alpha value is -1.60. The van der Waals surface area contributed by atoms with Gasteiger partial charge in [-0.2, -0.15) is 10.1 Å². The van der Waals surface area contributed by atoms with Crippen molar-refractivity contribution >= 4 is 63.6 Å². The molecule has 0 bridgehead atoms. The minimum atomic E-state index is -0.106. The molecule has 0 atom stereocenters. The summed E-state index contributed by atoms with van der Waals surface area (Å²) in [6, 6.07) is 12.6. The molecule has 0 saturated carbocycles. The van der Waals surface area contributed by atoms with Gasteiger partial charge in [-0.25, -0.2) is 0 Å². The number of thioether (sulfide) groups is 1. The van der Waals surface area contributed by atoms with Crippen LogP contribution in [-0.2, 0) is 11.4 Å². The maximum absolute atomic E-state index is 11.6. The molecule has 1 amide bonds. The van der Waals surface area contributed by atoms with Crippen LogP contribution < -0.4 is 4.74 Å². The molecular formula is C17H12Cl2N2O2S2. The smallest absolute Gasteiger partial charge is 0.259 e. The molecule has 2 aromatic rings. The zero-order valence-electron chi connectivity index (χ0n) is 12.8. The molecule has 0 radical (unpaired) electrons. The summed E-state index contributed by atoms with van der Waals surface area (Å²) in [7, 11) is 0. The predicted molar refractivity (Wildman–Crippen MR) is 107 cm³/mol. The van der Waals surface area contributed by atoms with Crippen LogP contribution in [0.2, 0.25) is 10.0 Å². The second-order valence-corrected chi connectivity index (χ2v) is 7.55. The van der Waals surface area contributed by atoms with E-state index in [1.807, 2.05) is 30.3 Å². The lowest BCUT2D eigenvalue weighted by molar-refractivity contribution is -0.123. The Morgan fingerprint density at radius 1 is 1.24 bits per heavy atom. The fourth-order valence-electron chi connectivity index (χ4n) is 2.03. The molecular weight excluding hydrogens is 399 g/mol. The lowest BCUT2D eigenvalue weighted by atomic mass is 10.2. The van der Waals surface area contributed by atoms with Gasteiger partial charge in [-0.3, -0.25) is 4.79 Å². The van der Waals surface area contributed by atoms with Crippen LogP contribution in [0.5, 0.6) is 5.75 Å². The number of benzene rings is 2. The van der Waals surface area contributed by atoms with E-state index in [9.17, 15) is 4.79 Å². The summed E-state index contributed by atoms with van der Waals surface area (Å²) >= 11 is 18.4. The van der Waals surface area contributed by atoms with E-state index in [0.29, 0.717) is 32.5 Å². The van der Waals surface area contributed by atoms with Crippen LogP contribution in [0.25, 0.3) is 0 Å². The minimum absolute atomic E-state index is 0.106. The van der Waals surface area contributed by atoms with Crippen molar-refractivity contribution in [2.24, 2.45) is 5.10 Å². The second kappa shape index (κ2) is 8.19. The second-order valence-electron chi connectivity index (χ2n) is 5.10. The maximum atomic E-state index is 11.6. The molecule has 2 aromatic carbocycles. The molecule has 8 heteroatoms. The topological polar surface area (TPSA) is 41.9 Å². The van der Waals surface area contributed by atoms with E-state index in [4.69, 9.17) is 40.2 Å². The number of hydrogen-bond acceptors (Lipinski definition) is 5. The van der Waals surface area contributed by atoms with Crippen LogP contribution in [0.1, 0.15) is 11.1 Å². The highest BCUT2D eigenvalue weighted by atomic mass is 35.5. The molecule has 1 heterocycles. The molecule has 1 aliphatic heterocycles. The lowest BCUT2D eigenvalue weighted by Crippen LogP contribution is -2.22. The van der Waals surface area contributed by atoms with Crippen molar-refractivity contribution < 1.29 is 9.53 Å². The van der Waals surface area contributed by atoms with Gasteiger partial charge in [0.25, 0.3) is 5.91 Å². The molecule has 0 unspecified atom stereocenters. The van der Waals surface area contributed by atoms with E-state index in [1.165, 1.54) is 16.8 Å². The van der Waals surface area contributed by atoms with Gasteiger partial charge in [-0.1, -0.05) is 53.2 Å². The minimum Gasteiger partial charge on any atom is -0.489 e. The molecule has 3 rings (SSSR count). The predicted octanol–water partition coefficient (Wildman–Crippen LogP) is 4.77. The van der Waals surface area contributed by atoms with Gasteiger partial charge in [0.2, 0.25) is 0 Å². The Kier molecular flexibility index (Phi) is 5.96. The third kappa shape index (κ3) is 4.73. The number of hydrazone groups is 1. The summed E-state index contributed by atoms with van der Waals surface area (Å²) in [5.41, 5.74) is 1.69. The molecule has 0 N–H and O–H groups in total. The van der Waals surface area contributed by atoms with Crippen LogP contribution >= 0.6 is 47.2 Å². The van der Waals surface area contributed by atoms with Crippen molar-refractivity contribution in [3.8, 4) is 5.75 Å². The van der Waals surface area contributed by atoms with E-state index in [2.05, 4.69) is 5.10 Å². The first kappa shape index (κ1) is 18.2. The standard InChI is InChI=1S/C17H12Cl2N2O2S2/c18-13-4-3-12(15(19)7-13)9-23-14-5-1-11(2-6-14)8-20-21-16(22)10-25-17(21)24/h1-8H,9-10H2/b20-8+. The van der Waals surface area contributed by atoms with Gasteiger partial charge in [-0.05, 0) is 42.0 Å². The van der Waals surface area contributed by atoms with Crippen molar-refractivity contribution in [1.29, 1.82) is 0 Å².